The molecular formula is C15H16N2. The van der Waals surface area contributed by atoms with Gasteiger partial charge in [-0.3, -0.25) is 4.98 Å². The lowest BCUT2D eigenvalue weighted by Gasteiger charge is -2.20. The van der Waals surface area contributed by atoms with Crippen LogP contribution in [-0.2, 0) is 0 Å². The first-order valence-corrected chi connectivity index (χ1v) is 5.64. The van der Waals surface area contributed by atoms with Crippen molar-refractivity contribution in [1.82, 2.24) is 10.3 Å². The summed E-state index contributed by atoms with van der Waals surface area (Å²) < 4.78 is 0. The first kappa shape index (κ1) is 11.4. The average molecular weight is 224 g/mol. The zero-order valence-electron chi connectivity index (χ0n) is 9.93. The highest BCUT2D eigenvalue weighted by atomic mass is 14.8. The SMILES string of the molecule is C=C(NC)C(c1ccccc1)c1ccncc1. The molecule has 0 saturated carbocycles. The van der Waals surface area contributed by atoms with Gasteiger partial charge in [0.2, 0.25) is 0 Å². The maximum Gasteiger partial charge on any atom is 0.0482 e. The highest BCUT2D eigenvalue weighted by molar-refractivity contribution is 5.38. The zero-order chi connectivity index (χ0) is 12.1. The van der Waals surface area contributed by atoms with Gasteiger partial charge in [-0.15, -0.1) is 0 Å². The Morgan fingerprint density at radius 2 is 1.65 bits per heavy atom. The molecule has 1 aromatic carbocycles. The molecule has 0 aliphatic carbocycles. The van der Waals surface area contributed by atoms with E-state index in [0.29, 0.717) is 0 Å². The molecule has 1 atom stereocenters. The molecule has 0 amide bonds. The molecule has 2 aromatic rings. The number of nitrogens with zero attached hydrogens (tertiary/aromatic N) is 1. The van der Waals surface area contributed by atoms with E-state index in [4.69, 9.17) is 0 Å². The smallest absolute Gasteiger partial charge is 0.0482 e. The van der Waals surface area contributed by atoms with E-state index in [1.54, 1.807) is 0 Å². The molecule has 17 heavy (non-hydrogen) atoms. The molecule has 0 aliphatic rings. The molecule has 86 valence electrons. The van der Waals surface area contributed by atoms with Crippen molar-refractivity contribution >= 4 is 0 Å². The molecule has 0 spiro atoms. The summed E-state index contributed by atoms with van der Waals surface area (Å²) in [5.41, 5.74) is 3.42. The van der Waals surface area contributed by atoms with Gasteiger partial charge in [0, 0.05) is 31.1 Å². The van der Waals surface area contributed by atoms with E-state index in [1.807, 2.05) is 49.8 Å². The highest BCUT2D eigenvalue weighted by Gasteiger charge is 2.16. The quantitative estimate of drug-likeness (QED) is 0.863. The third-order valence-electron chi connectivity index (χ3n) is 2.84. The summed E-state index contributed by atoms with van der Waals surface area (Å²) in [5, 5.41) is 3.15. The standard InChI is InChI=1S/C15H16N2/c1-12(16-2)15(13-6-4-3-5-7-13)14-8-10-17-11-9-14/h3-11,15-16H,1H2,2H3. The molecule has 1 N–H and O–H groups in total. The Bertz CT molecular complexity index is 437. The Morgan fingerprint density at radius 3 is 2.24 bits per heavy atom. The molecule has 2 nitrogen and oxygen atoms in total. The minimum Gasteiger partial charge on any atom is -0.391 e. The van der Waals surface area contributed by atoms with Crippen LogP contribution in [0.2, 0.25) is 0 Å². The maximum atomic E-state index is 4.09. The van der Waals surface area contributed by atoms with Gasteiger partial charge in [-0.25, -0.2) is 0 Å². The van der Waals surface area contributed by atoms with Gasteiger partial charge >= 0.3 is 0 Å². The zero-order valence-corrected chi connectivity index (χ0v) is 9.93. The Hall–Kier alpha value is -2.09. The van der Waals surface area contributed by atoms with Crippen molar-refractivity contribution in [3.05, 3.63) is 78.3 Å². The molecule has 2 heteroatoms. The predicted molar refractivity (Wildman–Crippen MR) is 70.7 cm³/mol. The van der Waals surface area contributed by atoms with Crippen LogP contribution in [0.15, 0.2) is 67.1 Å². The highest BCUT2D eigenvalue weighted by Crippen LogP contribution is 2.28. The van der Waals surface area contributed by atoms with Crippen molar-refractivity contribution in [2.24, 2.45) is 0 Å². The van der Waals surface area contributed by atoms with Crippen molar-refractivity contribution in [2.75, 3.05) is 7.05 Å². The first-order valence-electron chi connectivity index (χ1n) is 5.64. The summed E-state index contributed by atoms with van der Waals surface area (Å²) in [6.45, 7) is 4.09. The number of rotatable bonds is 4. The minimum absolute atomic E-state index is 0.171. The molecule has 0 radical (unpaired) electrons. The van der Waals surface area contributed by atoms with E-state index in [1.165, 1.54) is 11.1 Å². The molecule has 0 saturated heterocycles. The van der Waals surface area contributed by atoms with Crippen molar-refractivity contribution in [1.29, 1.82) is 0 Å². The molecule has 2 rings (SSSR count). The van der Waals surface area contributed by atoms with Gasteiger partial charge in [0.25, 0.3) is 0 Å². The third kappa shape index (κ3) is 2.53. The summed E-state index contributed by atoms with van der Waals surface area (Å²) in [5.74, 6) is 0.171. The number of likely N-dealkylation sites (N-methyl/N-ethyl adjacent to an activating group) is 1. The normalized spacial score (nSPS) is 11.8. The lowest BCUT2D eigenvalue weighted by molar-refractivity contribution is 0.831. The first-order chi connectivity index (χ1) is 8.33. The number of pyridine rings is 1. The van der Waals surface area contributed by atoms with Crippen molar-refractivity contribution in [3.8, 4) is 0 Å². The molecule has 1 unspecified atom stereocenters. The summed E-state index contributed by atoms with van der Waals surface area (Å²) in [4.78, 5) is 4.06. The fourth-order valence-corrected chi connectivity index (χ4v) is 1.94. The Kier molecular flexibility index (Phi) is 3.55. The number of nitrogens with one attached hydrogen (secondary N) is 1. The topological polar surface area (TPSA) is 24.9 Å². The molecular weight excluding hydrogens is 208 g/mol. The van der Waals surface area contributed by atoms with E-state index in [0.717, 1.165) is 5.70 Å². The second-order valence-electron chi connectivity index (χ2n) is 3.90. The van der Waals surface area contributed by atoms with Gasteiger partial charge in [-0.2, -0.15) is 0 Å². The van der Waals surface area contributed by atoms with Crippen molar-refractivity contribution < 1.29 is 0 Å². The summed E-state index contributed by atoms with van der Waals surface area (Å²) in [6.07, 6.45) is 3.63. The largest absolute Gasteiger partial charge is 0.391 e. The van der Waals surface area contributed by atoms with Gasteiger partial charge < -0.3 is 5.32 Å². The number of hydrogen-bond donors (Lipinski definition) is 1. The van der Waals surface area contributed by atoms with Crippen LogP contribution in [0, 0.1) is 0 Å². The van der Waals surface area contributed by atoms with Gasteiger partial charge in [0.1, 0.15) is 0 Å². The second-order valence-corrected chi connectivity index (χ2v) is 3.90. The van der Waals surface area contributed by atoms with Gasteiger partial charge in [-0.1, -0.05) is 36.9 Å². The van der Waals surface area contributed by atoms with Gasteiger partial charge in [-0.05, 0) is 23.3 Å². The van der Waals surface area contributed by atoms with E-state index >= 15 is 0 Å². The molecule has 1 heterocycles. The van der Waals surface area contributed by atoms with Crippen LogP contribution in [0.1, 0.15) is 17.0 Å². The average Bonchev–Trinajstić information content (AvgIpc) is 2.41. The predicted octanol–water partition coefficient (Wildman–Crippen LogP) is 2.95. The second kappa shape index (κ2) is 5.30. The van der Waals surface area contributed by atoms with Gasteiger partial charge in [0.15, 0.2) is 0 Å². The van der Waals surface area contributed by atoms with Crippen molar-refractivity contribution in [3.63, 3.8) is 0 Å². The van der Waals surface area contributed by atoms with Crippen LogP contribution in [0.3, 0.4) is 0 Å². The van der Waals surface area contributed by atoms with Crippen LogP contribution in [0.25, 0.3) is 0 Å². The van der Waals surface area contributed by atoms with E-state index in [2.05, 4.69) is 29.0 Å². The van der Waals surface area contributed by atoms with E-state index in [9.17, 15) is 0 Å². The van der Waals surface area contributed by atoms with Crippen LogP contribution in [0.5, 0.6) is 0 Å². The number of hydrogen-bond acceptors (Lipinski definition) is 2. The number of aromatic nitrogens is 1. The third-order valence-corrected chi connectivity index (χ3v) is 2.84. The Labute approximate surface area is 102 Å². The van der Waals surface area contributed by atoms with Crippen LogP contribution < -0.4 is 5.32 Å². The van der Waals surface area contributed by atoms with E-state index in [-0.39, 0.29) is 5.92 Å². The monoisotopic (exact) mass is 224 g/mol. The number of benzene rings is 1. The molecule has 0 fully saturated rings. The summed E-state index contributed by atoms with van der Waals surface area (Å²) >= 11 is 0. The summed E-state index contributed by atoms with van der Waals surface area (Å²) in [7, 11) is 1.90. The minimum atomic E-state index is 0.171. The fourth-order valence-electron chi connectivity index (χ4n) is 1.94. The molecule has 0 aliphatic heterocycles. The lowest BCUT2D eigenvalue weighted by atomic mass is 9.89. The van der Waals surface area contributed by atoms with E-state index < -0.39 is 0 Å². The lowest BCUT2D eigenvalue weighted by Crippen LogP contribution is -2.15. The Balaban J connectivity index is 2.43. The van der Waals surface area contributed by atoms with Crippen molar-refractivity contribution in [2.45, 2.75) is 5.92 Å². The molecule has 1 aromatic heterocycles. The fraction of sp³-hybridized carbons (Fsp3) is 0.133. The summed E-state index contributed by atoms with van der Waals surface area (Å²) in [6, 6.07) is 14.4. The Morgan fingerprint density at radius 1 is 1.06 bits per heavy atom. The van der Waals surface area contributed by atoms with Crippen LogP contribution in [-0.4, -0.2) is 12.0 Å². The molecule has 0 bridgehead atoms. The number of allylic oxidation sites excluding steroid dienone is 1. The van der Waals surface area contributed by atoms with Crippen LogP contribution >= 0.6 is 0 Å². The van der Waals surface area contributed by atoms with Crippen LogP contribution in [0.4, 0.5) is 0 Å². The maximum absolute atomic E-state index is 4.09. The van der Waals surface area contributed by atoms with Gasteiger partial charge in [0.05, 0.1) is 0 Å².